The lowest BCUT2D eigenvalue weighted by Gasteiger charge is -2.34. The molecule has 5 rings (SSSR count). The quantitative estimate of drug-likeness (QED) is 0.434. The molecule has 0 atom stereocenters. The molecule has 33 heavy (non-hydrogen) atoms. The molecule has 2 aromatic carbocycles. The molecule has 0 spiro atoms. The van der Waals surface area contributed by atoms with Crippen LogP contribution in [0, 0.1) is 0 Å². The van der Waals surface area contributed by atoms with Gasteiger partial charge in [0.1, 0.15) is 30.0 Å². The minimum Gasteiger partial charge on any atom is -0.491 e. The van der Waals surface area contributed by atoms with Crippen LogP contribution in [-0.4, -0.2) is 64.6 Å². The van der Waals surface area contributed by atoms with Crippen molar-refractivity contribution < 1.29 is 13.9 Å². The van der Waals surface area contributed by atoms with E-state index in [2.05, 4.69) is 9.88 Å². The largest absolute Gasteiger partial charge is 0.491 e. The minimum absolute atomic E-state index is 0.0611. The van der Waals surface area contributed by atoms with Gasteiger partial charge in [0.15, 0.2) is 0 Å². The molecular weight excluding hydrogens is 444 g/mol. The second kappa shape index (κ2) is 9.25. The number of carbonyl (C=O) groups is 1. The van der Waals surface area contributed by atoms with Gasteiger partial charge in [-0.05, 0) is 24.3 Å². The maximum atomic E-state index is 12.9. The number of hydrogen-bond acceptors (Lipinski definition) is 6. The molecule has 1 amide bonds. The highest BCUT2D eigenvalue weighted by Crippen LogP contribution is 2.24. The van der Waals surface area contributed by atoms with Gasteiger partial charge >= 0.3 is 0 Å². The fourth-order valence-electron chi connectivity index (χ4n) is 4.04. The van der Waals surface area contributed by atoms with E-state index in [9.17, 15) is 9.59 Å². The van der Waals surface area contributed by atoms with Crippen molar-refractivity contribution in [3.05, 3.63) is 70.2 Å². The molecule has 3 heterocycles. The predicted molar refractivity (Wildman–Crippen MR) is 126 cm³/mol. The summed E-state index contributed by atoms with van der Waals surface area (Å²) < 4.78 is 12.8. The van der Waals surface area contributed by atoms with Crippen LogP contribution in [-0.2, 0) is 11.3 Å². The van der Waals surface area contributed by atoms with Gasteiger partial charge < -0.3 is 14.1 Å². The van der Waals surface area contributed by atoms with Crippen molar-refractivity contribution in [3.63, 3.8) is 0 Å². The third-order valence-electron chi connectivity index (χ3n) is 5.88. The van der Waals surface area contributed by atoms with E-state index in [4.69, 9.17) is 20.8 Å². The van der Waals surface area contributed by atoms with Crippen LogP contribution in [0.25, 0.3) is 22.1 Å². The first kappa shape index (κ1) is 21.5. The van der Waals surface area contributed by atoms with E-state index in [1.807, 2.05) is 36.4 Å². The van der Waals surface area contributed by atoms with Gasteiger partial charge in [0.05, 0.1) is 11.3 Å². The van der Waals surface area contributed by atoms with Crippen LogP contribution in [0.5, 0.6) is 5.75 Å². The van der Waals surface area contributed by atoms with Crippen LogP contribution in [0.4, 0.5) is 0 Å². The molecule has 1 fully saturated rings. The van der Waals surface area contributed by atoms with Crippen LogP contribution < -0.4 is 10.3 Å². The molecule has 9 heteroatoms. The van der Waals surface area contributed by atoms with E-state index < -0.39 is 0 Å². The van der Waals surface area contributed by atoms with Crippen molar-refractivity contribution in [1.29, 1.82) is 0 Å². The number of para-hydroxylation sites is 2. The normalized spacial score (nSPS) is 14.8. The van der Waals surface area contributed by atoms with Gasteiger partial charge in [-0.3, -0.25) is 19.1 Å². The number of fused-ring (bicyclic) bond motifs is 3. The molecule has 4 aromatic rings. The minimum atomic E-state index is -0.347. The number of hydrogen-bond donors (Lipinski definition) is 0. The average molecular weight is 467 g/mol. The SMILES string of the molecule is O=C(Cn1cnc2c(oc3ccccc32)c1=O)N1CCN(CCOc2ccccc2Cl)CC1. The Morgan fingerprint density at radius 1 is 1.06 bits per heavy atom. The van der Waals surface area contributed by atoms with Crippen LogP contribution in [0.2, 0.25) is 5.02 Å². The number of aromatic nitrogens is 2. The summed E-state index contributed by atoms with van der Waals surface area (Å²) in [6.07, 6.45) is 1.42. The molecule has 1 aliphatic rings. The maximum Gasteiger partial charge on any atom is 0.297 e. The van der Waals surface area contributed by atoms with Crippen molar-refractivity contribution >= 4 is 39.6 Å². The third-order valence-corrected chi connectivity index (χ3v) is 6.20. The second-order valence-corrected chi connectivity index (χ2v) is 8.36. The Balaban J connectivity index is 1.16. The number of benzene rings is 2. The second-order valence-electron chi connectivity index (χ2n) is 7.95. The van der Waals surface area contributed by atoms with E-state index in [-0.39, 0.29) is 23.6 Å². The molecule has 0 unspecified atom stereocenters. The van der Waals surface area contributed by atoms with Crippen molar-refractivity contribution in [2.24, 2.45) is 0 Å². The summed E-state index contributed by atoms with van der Waals surface area (Å²) in [7, 11) is 0. The standard InChI is InChI=1S/C24H23ClN4O4/c25-18-6-2-4-8-20(18)32-14-13-27-9-11-28(12-10-27)21(30)15-29-16-26-22-17-5-1-3-7-19(17)33-23(22)24(29)31/h1-8,16H,9-15H2. The lowest BCUT2D eigenvalue weighted by atomic mass is 10.2. The summed E-state index contributed by atoms with van der Waals surface area (Å²) >= 11 is 6.11. The molecule has 1 saturated heterocycles. The van der Waals surface area contributed by atoms with Gasteiger partial charge in [-0.2, -0.15) is 0 Å². The summed E-state index contributed by atoms with van der Waals surface area (Å²) in [5.41, 5.74) is 0.956. The highest BCUT2D eigenvalue weighted by Gasteiger charge is 2.22. The Hall–Kier alpha value is -3.36. The van der Waals surface area contributed by atoms with Crippen molar-refractivity contribution in [2.75, 3.05) is 39.3 Å². The fourth-order valence-corrected chi connectivity index (χ4v) is 4.23. The van der Waals surface area contributed by atoms with Crippen LogP contribution in [0.1, 0.15) is 0 Å². The third kappa shape index (κ3) is 4.44. The average Bonchev–Trinajstić information content (AvgIpc) is 3.22. The number of halogens is 1. The van der Waals surface area contributed by atoms with Gasteiger partial charge in [-0.25, -0.2) is 4.98 Å². The van der Waals surface area contributed by atoms with Gasteiger partial charge in [-0.15, -0.1) is 0 Å². The zero-order chi connectivity index (χ0) is 22.8. The smallest absolute Gasteiger partial charge is 0.297 e. The predicted octanol–water partition coefficient (Wildman–Crippen LogP) is 3.02. The lowest BCUT2D eigenvalue weighted by molar-refractivity contribution is -0.133. The zero-order valence-electron chi connectivity index (χ0n) is 17.9. The van der Waals surface area contributed by atoms with E-state index in [0.717, 1.165) is 25.0 Å². The molecule has 0 N–H and O–H groups in total. The molecule has 1 aliphatic heterocycles. The summed E-state index contributed by atoms with van der Waals surface area (Å²) in [6, 6.07) is 14.8. The number of amides is 1. The molecular formula is C24H23ClN4O4. The van der Waals surface area contributed by atoms with Gasteiger partial charge in [0.25, 0.3) is 5.56 Å². The Bertz CT molecular complexity index is 1360. The van der Waals surface area contributed by atoms with E-state index >= 15 is 0 Å². The molecule has 0 saturated carbocycles. The monoisotopic (exact) mass is 466 g/mol. The Labute approximate surface area is 194 Å². The summed E-state index contributed by atoms with van der Waals surface area (Å²) in [5.74, 6) is 0.565. The van der Waals surface area contributed by atoms with Crippen molar-refractivity contribution in [3.8, 4) is 5.75 Å². The number of nitrogens with zero attached hydrogens (tertiary/aromatic N) is 4. The number of carbonyl (C=O) groups excluding carboxylic acids is 1. The first-order valence-corrected chi connectivity index (χ1v) is 11.2. The van der Waals surface area contributed by atoms with Crippen LogP contribution in [0.3, 0.4) is 0 Å². The van der Waals surface area contributed by atoms with Gasteiger partial charge in [-0.1, -0.05) is 35.9 Å². The fraction of sp³-hybridized carbons (Fsp3) is 0.292. The molecule has 170 valence electrons. The Morgan fingerprint density at radius 3 is 2.64 bits per heavy atom. The van der Waals surface area contributed by atoms with E-state index in [1.165, 1.54) is 10.9 Å². The highest BCUT2D eigenvalue weighted by atomic mass is 35.5. The molecule has 0 aliphatic carbocycles. The lowest BCUT2D eigenvalue weighted by Crippen LogP contribution is -2.50. The molecule has 0 bridgehead atoms. The highest BCUT2D eigenvalue weighted by molar-refractivity contribution is 6.32. The van der Waals surface area contributed by atoms with E-state index in [0.29, 0.717) is 41.6 Å². The number of ether oxygens (including phenoxy) is 1. The maximum absolute atomic E-state index is 12.9. The first-order valence-electron chi connectivity index (χ1n) is 10.8. The zero-order valence-corrected chi connectivity index (χ0v) is 18.7. The summed E-state index contributed by atoms with van der Waals surface area (Å²) in [4.78, 5) is 34.1. The van der Waals surface area contributed by atoms with Crippen molar-refractivity contribution in [1.82, 2.24) is 19.4 Å². The number of furan rings is 1. The molecule has 0 radical (unpaired) electrons. The number of rotatable bonds is 6. The summed E-state index contributed by atoms with van der Waals surface area (Å²) in [5, 5.41) is 1.39. The Morgan fingerprint density at radius 2 is 1.82 bits per heavy atom. The molecule has 2 aromatic heterocycles. The first-order chi connectivity index (χ1) is 16.1. The summed E-state index contributed by atoms with van der Waals surface area (Å²) in [6.45, 7) is 3.89. The Kier molecular flexibility index (Phi) is 6.02. The van der Waals surface area contributed by atoms with Gasteiger partial charge in [0.2, 0.25) is 11.5 Å². The van der Waals surface area contributed by atoms with Crippen LogP contribution in [0.15, 0.2) is 64.1 Å². The van der Waals surface area contributed by atoms with Crippen LogP contribution >= 0.6 is 11.6 Å². The topological polar surface area (TPSA) is 80.8 Å². The molecule has 8 nitrogen and oxygen atoms in total. The number of piperazine rings is 1. The van der Waals surface area contributed by atoms with Crippen molar-refractivity contribution in [2.45, 2.75) is 6.54 Å². The van der Waals surface area contributed by atoms with E-state index in [1.54, 1.807) is 17.0 Å². The van der Waals surface area contributed by atoms with Gasteiger partial charge in [0, 0.05) is 38.1 Å².